The van der Waals surface area contributed by atoms with Gasteiger partial charge in [0.25, 0.3) is 0 Å². The van der Waals surface area contributed by atoms with Crippen LogP contribution in [-0.2, 0) is 9.47 Å². The third kappa shape index (κ3) is 4.69. The van der Waals surface area contributed by atoms with E-state index in [1.807, 2.05) is 26.8 Å². The number of rotatable bonds is 5. The molecule has 1 unspecified atom stereocenters. The summed E-state index contributed by atoms with van der Waals surface area (Å²) < 4.78 is 19.2. The monoisotopic (exact) mass is 474 g/mol. The molecule has 1 fully saturated rings. The van der Waals surface area contributed by atoms with E-state index in [4.69, 9.17) is 25.8 Å². The molecule has 0 aliphatic carbocycles. The molecule has 1 aliphatic heterocycles. The lowest BCUT2D eigenvalue weighted by molar-refractivity contribution is 0.0289. The first-order valence-corrected chi connectivity index (χ1v) is 11.0. The number of ether oxygens (including phenoxy) is 3. The maximum atomic E-state index is 13.6. The first kappa shape index (κ1) is 23.1. The highest BCUT2D eigenvalue weighted by Gasteiger charge is 2.33. The second kappa shape index (κ2) is 9.07. The summed E-state index contributed by atoms with van der Waals surface area (Å²) in [6.45, 7) is 6.39. The lowest BCUT2D eigenvalue weighted by Gasteiger charge is -2.24. The third-order valence-corrected chi connectivity index (χ3v) is 5.63. The molecule has 10 heteroatoms. The summed E-state index contributed by atoms with van der Waals surface area (Å²) >= 11 is 6.24. The van der Waals surface area contributed by atoms with Crippen molar-refractivity contribution >= 4 is 28.9 Å². The lowest BCUT2D eigenvalue weighted by Crippen LogP contribution is -2.36. The van der Waals surface area contributed by atoms with Crippen molar-refractivity contribution in [1.82, 2.24) is 19.0 Å². The largest absolute Gasteiger partial charge is 0.466 e. The van der Waals surface area contributed by atoms with Crippen molar-refractivity contribution in [2.45, 2.75) is 38.8 Å². The fraction of sp³-hybridized carbons (Fsp3) is 0.435. The molecule has 0 bridgehead atoms. The van der Waals surface area contributed by atoms with E-state index in [0.29, 0.717) is 47.1 Å². The average Bonchev–Trinajstić information content (AvgIpc) is 3.34. The first-order valence-electron chi connectivity index (χ1n) is 10.7. The number of pyridine rings is 1. The smallest absolute Gasteiger partial charge is 0.410 e. The van der Waals surface area contributed by atoms with E-state index in [1.54, 1.807) is 44.5 Å². The molecule has 3 aromatic rings. The van der Waals surface area contributed by atoms with Gasteiger partial charge in [-0.25, -0.2) is 14.6 Å². The van der Waals surface area contributed by atoms with E-state index < -0.39 is 5.60 Å². The lowest BCUT2D eigenvalue weighted by atomic mass is 10.2. The van der Waals surface area contributed by atoms with Crippen LogP contribution < -0.4 is 10.4 Å². The minimum absolute atomic E-state index is 0.0317. The second-order valence-corrected chi connectivity index (χ2v) is 9.28. The highest BCUT2D eigenvalue weighted by Crippen LogP contribution is 2.30. The van der Waals surface area contributed by atoms with Gasteiger partial charge in [-0.15, -0.1) is 0 Å². The average molecular weight is 475 g/mol. The molecule has 1 atom stereocenters. The molecule has 0 spiro atoms. The minimum atomic E-state index is -0.583. The number of halogens is 1. The minimum Gasteiger partial charge on any atom is -0.466 e. The Bertz CT molecular complexity index is 1230. The Labute approximate surface area is 196 Å². The van der Waals surface area contributed by atoms with Gasteiger partial charge < -0.3 is 19.1 Å². The topological polar surface area (TPSA) is 87.8 Å². The Balaban J connectivity index is 1.73. The Hall–Kier alpha value is -3.04. The van der Waals surface area contributed by atoms with Gasteiger partial charge in [0.2, 0.25) is 0 Å². The first-order chi connectivity index (χ1) is 15.7. The van der Waals surface area contributed by atoms with E-state index in [2.05, 4.69) is 4.98 Å². The Morgan fingerprint density at radius 3 is 2.79 bits per heavy atom. The van der Waals surface area contributed by atoms with Crippen molar-refractivity contribution in [2.75, 3.05) is 27.0 Å². The molecular formula is C23H27ClN4O5. The van der Waals surface area contributed by atoms with Gasteiger partial charge in [-0.1, -0.05) is 11.6 Å². The molecule has 0 radical (unpaired) electrons. The van der Waals surface area contributed by atoms with Crippen LogP contribution in [0, 0.1) is 0 Å². The molecule has 1 amide bonds. The highest BCUT2D eigenvalue weighted by atomic mass is 35.5. The number of imidazole rings is 1. The maximum Gasteiger partial charge on any atom is 0.410 e. The summed E-state index contributed by atoms with van der Waals surface area (Å²) in [6.07, 6.45) is 1.89. The Kier molecular flexibility index (Phi) is 6.36. The molecule has 33 heavy (non-hydrogen) atoms. The van der Waals surface area contributed by atoms with Crippen LogP contribution in [0.1, 0.15) is 33.2 Å². The number of methoxy groups -OCH3 is 1. The number of carbonyl (C=O) groups excluding carboxylic acids is 1. The van der Waals surface area contributed by atoms with Crippen molar-refractivity contribution in [3.8, 4) is 11.4 Å². The summed E-state index contributed by atoms with van der Waals surface area (Å²) in [5, 5.41) is 0.412. The van der Waals surface area contributed by atoms with Crippen LogP contribution in [0.4, 0.5) is 4.79 Å². The standard InChI is InChI=1S/C23H27ClN4O5/c1-23(2,3)33-22(30)26-11-9-16(13-26)28-20-18(6-5-10-25-20)27(21(28)29)15-7-8-17(24)19(12-15)32-14-31-4/h5-8,10,12,16H,9,11,13-14H2,1-4H3. The van der Waals surface area contributed by atoms with Crippen LogP contribution in [0.15, 0.2) is 41.3 Å². The van der Waals surface area contributed by atoms with Gasteiger partial charge in [0.15, 0.2) is 12.4 Å². The SMILES string of the molecule is COCOc1cc(-n2c(=O)n(C3CCN(C(=O)OC(C)(C)C)C3)c3ncccc32)ccc1Cl. The number of aromatic nitrogens is 3. The molecule has 1 aliphatic rings. The number of likely N-dealkylation sites (tertiary alicyclic amines) is 1. The van der Waals surface area contributed by atoms with Crippen molar-refractivity contribution in [3.63, 3.8) is 0 Å². The van der Waals surface area contributed by atoms with E-state index in [9.17, 15) is 9.59 Å². The summed E-state index contributed by atoms with van der Waals surface area (Å²) in [5.74, 6) is 0.407. The maximum absolute atomic E-state index is 13.6. The number of benzene rings is 1. The molecular weight excluding hydrogens is 448 g/mol. The number of fused-ring (bicyclic) bond motifs is 1. The van der Waals surface area contributed by atoms with Gasteiger partial charge in [-0.05, 0) is 51.5 Å². The van der Waals surface area contributed by atoms with E-state index in [1.165, 1.54) is 7.11 Å². The normalized spacial score (nSPS) is 16.4. The Morgan fingerprint density at radius 1 is 1.27 bits per heavy atom. The van der Waals surface area contributed by atoms with Gasteiger partial charge in [-0.3, -0.25) is 9.13 Å². The number of hydrogen-bond donors (Lipinski definition) is 0. The van der Waals surface area contributed by atoms with Gasteiger partial charge in [0.1, 0.15) is 11.4 Å². The molecule has 176 valence electrons. The van der Waals surface area contributed by atoms with Gasteiger partial charge in [0.05, 0.1) is 22.3 Å². The van der Waals surface area contributed by atoms with Gasteiger partial charge >= 0.3 is 11.8 Å². The van der Waals surface area contributed by atoms with Crippen LogP contribution in [0.5, 0.6) is 5.75 Å². The molecule has 1 aromatic carbocycles. The molecule has 3 heterocycles. The zero-order valence-electron chi connectivity index (χ0n) is 19.1. The van der Waals surface area contributed by atoms with Crippen molar-refractivity contribution in [1.29, 1.82) is 0 Å². The molecule has 0 saturated carbocycles. The van der Waals surface area contributed by atoms with Crippen LogP contribution in [0.3, 0.4) is 0 Å². The third-order valence-electron chi connectivity index (χ3n) is 5.32. The van der Waals surface area contributed by atoms with Crippen molar-refractivity contribution in [2.24, 2.45) is 0 Å². The molecule has 0 N–H and O–H groups in total. The van der Waals surface area contributed by atoms with E-state index >= 15 is 0 Å². The zero-order chi connectivity index (χ0) is 23.8. The number of hydrogen-bond acceptors (Lipinski definition) is 6. The number of carbonyl (C=O) groups is 1. The molecule has 4 rings (SSSR count). The van der Waals surface area contributed by atoms with Crippen molar-refractivity contribution in [3.05, 3.63) is 52.0 Å². The van der Waals surface area contributed by atoms with E-state index in [-0.39, 0.29) is 24.6 Å². The Morgan fingerprint density at radius 2 is 2.06 bits per heavy atom. The number of nitrogens with zero attached hydrogens (tertiary/aromatic N) is 4. The van der Waals surface area contributed by atoms with E-state index in [0.717, 1.165) is 0 Å². The number of amides is 1. The van der Waals surface area contributed by atoms with Gasteiger partial charge in [-0.2, -0.15) is 0 Å². The van der Waals surface area contributed by atoms with Crippen LogP contribution >= 0.6 is 11.6 Å². The van der Waals surface area contributed by atoms with Gasteiger partial charge in [0, 0.05) is 32.5 Å². The second-order valence-electron chi connectivity index (χ2n) is 8.87. The predicted molar refractivity (Wildman–Crippen MR) is 124 cm³/mol. The molecule has 9 nitrogen and oxygen atoms in total. The summed E-state index contributed by atoms with van der Waals surface area (Å²) in [6, 6.07) is 8.52. The van der Waals surface area contributed by atoms with Crippen LogP contribution in [0.2, 0.25) is 5.02 Å². The molecule has 1 saturated heterocycles. The molecule has 2 aromatic heterocycles. The summed E-state index contributed by atoms with van der Waals surface area (Å²) in [7, 11) is 1.52. The van der Waals surface area contributed by atoms with Crippen molar-refractivity contribution < 1.29 is 19.0 Å². The predicted octanol–water partition coefficient (Wildman–Crippen LogP) is 4.01. The fourth-order valence-corrected chi connectivity index (χ4v) is 4.11. The zero-order valence-corrected chi connectivity index (χ0v) is 19.8. The summed E-state index contributed by atoms with van der Waals surface area (Å²) in [5.41, 5.74) is 0.959. The fourth-order valence-electron chi connectivity index (χ4n) is 3.94. The highest BCUT2D eigenvalue weighted by molar-refractivity contribution is 6.32. The van der Waals surface area contributed by atoms with Crippen LogP contribution in [0.25, 0.3) is 16.9 Å². The van der Waals surface area contributed by atoms with Crippen LogP contribution in [-0.4, -0.2) is 57.7 Å². The quantitative estimate of drug-likeness (QED) is 0.519. The summed E-state index contributed by atoms with van der Waals surface area (Å²) in [4.78, 5) is 32.3.